The first-order valence-corrected chi connectivity index (χ1v) is 10.8. The van der Waals surface area contributed by atoms with Gasteiger partial charge >= 0.3 is 29.6 Å². The molecule has 2 aromatic carbocycles. The fourth-order valence-electron chi connectivity index (χ4n) is 3.22. The summed E-state index contributed by atoms with van der Waals surface area (Å²) < 4.78 is 5.60. The van der Waals surface area contributed by atoms with Crippen molar-refractivity contribution in [1.82, 2.24) is 5.32 Å². The van der Waals surface area contributed by atoms with Gasteiger partial charge in [0.15, 0.2) is 10.6 Å². The van der Waals surface area contributed by atoms with Crippen LogP contribution < -0.4 is 45.4 Å². The van der Waals surface area contributed by atoms with Crippen LogP contribution in [0.15, 0.2) is 67.8 Å². The molecule has 2 heterocycles. The van der Waals surface area contributed by atoms with Gasteiger partial charge in [-0.1, -0.05) is 32.0 Å². The van der Waals surface area contributed by atoms with E-state index >= 15 is 0 Å². The van der Waals surface area contributed by atoms with Crippen molar-refractivity contribution < 1.29 is 48.7 Å². The molecule has 0 atom stereocenters. The number of thioether (sulfide) groups is 1. The number of amidine groups is 1. The average Bonchev–Trinajstić information content (AvgIpc) is 3.09. The Morgan fingerprint density at radius 1 is 1.18 bits per heavy atom. The number of aliphatic carboxylic acids is 1. The fraction of sp³-hybridized carbons (Fsp3) is 0.167. The van der Waals surface area contributed by atoms with Crippen molar-refractivity contribution in [2.24, 2.45) is 4.99 Å². The molecule has 1 N–H and O–H groups in total. The molecule has 1 fully saturated rings. The van der Waals surface area contributed by atoms with Gasteiger partial charge in [-0.15, -0.1) is 0 Å². The maximum absolute atomic E-state index is 13.0. The second kappa shape index (κ2) is 10.5. The van der Waals surface area contributed by atoms with E-state index < -0.39 is 5.97 Å². The summed E-state index contributed by atoms with van der Waals surface area (Å²) in [6.07, 6.45) is 2.67. The Labute approximate surface area is 216 Å². The first-order chi connectivity index (χ1) is 15.3. The van der Waals surface area contributed by atoms with Crippen molar-refractivity contribution >= 4 is 51.5 Å². The molecule has 4 rings (SSSR count). The van der Waals surface area contributed by atoms with Gasteiger partial charge in [0.25, 0.3) is 5.91 Å². The molecule has 0 bridgehead atoms. The van der Waals surface area contributed by atoms with Gasteiger partial charge in [-0.2, -0.15) is 0 Å². The number of carbonyl (C=O) groups excluding carboxylic acids is 2. The Morgan fingerprint density at radius 2 is 1.91 bits per heavy atom. The van der Waals surface area contributed by atoms with E-state index in [2.05, 4.69) is 10.3 Å². The minimum atomic E-state index is -1.16. The van der Waals surface area contributed by atoms with E-state index in [1.54, 1.807) is 30.3 Å². The van der Waals surface area contributed by atoms with Crippen LogP contribution in [0, 0.1) is 0 Å². The van der Waals surface area contributed by atoms with E-state index in [4.69, 9.17) is 4.42 Å². The van der Waals surface area contributed by atoms with Gasteiger partial charge in [0.1, 0.15) is 11.8 Å². The number of benzene rings is 2. The van der Waals surface area contributed by atoms with E-state index in [9.17, 15) is 19.5 Å². The average molecular weight is 470 g/mol. The summed E-state index contributed by atoms with van der Waals surface area (Å²) >= 11 is 1.11. The molecule has 1 aliphatic heterocycles. The Kier molecular flexibility index (Phi) is 7.97. The van der Waals surface area contributed by atoms with Gasteiger partial charge in [0, 0.05) is 12.4 Å². The van der Waals surface area contributed by atoms with Gasteiger partial charge in [-0.05, 0) is 59.1 Å². The molecule has 9 heteroatoms. The monoisotopic (exact) mass is 470 g/mol. The molecule has 33 heavy (non-hydrogen) atoms. The van der Waals surface area contributed by atoms with Crippen LogP contribution in [0.1, 0.15) is 36.5 Å². The quantitative estimate of drug-likeness (QED) is 0.418. The van der Waals surface area contributed by atoms with Crippen molar-refractivity contribution in [1.29, 1.82) is 0 Å². The summed E-state index contributed by atoms with van der Waals surface area (Å²) in [4.78, 5) is 40.7. The molecule has 0 saturated carbocycles. The van der Waals surface area contributed by atoms with E-state index in [1.807, 2.05) is 26.0 Å². The molecule has 3 aromatic rings. The largest absolute Gasteiger partial charge is 1.00 e. The standard InChI is InChI=1S/C24H20N2O5S.Na/c1-13(2)15-5-8-19-18(10-15)22(29)16(12-31-19)11-20-23(30)26-24(32-20)25-17-6-3-14(4-7-17)9-21(27)28;/h3-8,10-13H,9H2,1-2H3,(H,27,28)(H,25,26,30);/q;+1/p-1. The Bertz CT molecular complexity index is 1340. The van der Waals surface area contributed by atoms with Crippen molar-refractivity contribution in [2.45, 2.75) is 26.2 Å². The summed E-state index contributed by atoms with van der Waals surface area (Å²) in [6, 6.07) is 12.1. The molecule has 162 valence electrons. The first-order valence-electron chi connectivity index (χ1n) is 9.94. The summed E-state index contributed by atoms with van der Waals surface area (Å²) in [5, 5.41) is 14.2. The number of nitrogens with zero attached hydrogens (tertiary/aromatic N) is 1. The Hall–Kier alpha value is -2.65. The zero-order valence-electron chi connectivity index (χ0n) is 18.4. The number of nitrogens with one attached hydrogen (secondary N) is 1. The molecule has 1 aliphatic rings. The zero-order chi connectivity index (χ0) is 22.8. The van der Waals surface area contributed by atoms with Crippen LogP contribution in [0.25, 0.3) is 17.0 Å². The summed E-state index contributed by atoms with van der Waals surface area (Å²) in [6.45, 7) is 4.10. The van der Waals surface area contributed by atoms with Gasteiger partial charge in [0.2, 0.25) is 0 Å². The van der Waals surface area contributed by atoms with Crippen LogP contribution in [-0.2, 0) is 16.0 Å². The number of fused-ring (bicyclic) bond motifs is 1. The molecule has 7 nitrogen and oxygen atoms in total. The van der Waals surface area contributed by atoms with Crippen LogP contribution >= 0.6 is 11.8 Å². The number of carbonyl (C=O) groups is 2. The predicted molar refractivity (Wildman–Crippen MR) is 123 cm³/mol. The van der Waals surface area contributed by atoms with Crippen molar-refractivity contribution in [3.8, 4) is 0 Å². The molecular weight excluding hydrogens is 451 g/mol. The normalized spacial score (nSPS) is 15.8. The van der Waals surface area contributed by atoms with Gasteiger partial charge < -0.3 is 19.6 Å². The molecule has 1 amide bonds. The SMILES string of the molecule is CC(C)c1ccc2occ(C=C3SC(=Nc4ccc(CC(=O)[O-])cc4)NC3=O)c(=O)c2c1.[Na+]. The summed E-state index contributed by atoms with van der Waals surface area (Å²) in [5.41, 5.74) is 2.76. The second-order valence-electron chi connectivity index (χ2n) is 7.63. The summed E-state index contributed by atoms with van der Waals surface area (Å²) in [7, 11) is 0. The number of amides is 1. The molecule has 0 radical (unpaired) electrons. The molecular formula is C24H19N2NaO5S. The second-order valence-corrected chi connectivity index (χ2v) is 8.66. The topological polar surface area (TPSA) is 112 Å². The first kappa shape index (κ1) is 25.0. The molecule has 0 aliphatic carbocycles. The number of carboxylic acid groups (broad SMARTS) is 1. The number of hydrogen-bond donors (Lipinski definition) is 1. The van der Waals surface area contributed by atoms with Crippen LogP contribution in [0.4, 0.5) is 5.69 Å². The number of rotatable bonds is 5. The van der Waals surface area contributed by atoms with Crippen molar-refractivity contribution in [3.05, 3.63) is 80.5 Å². The van der Waals surface area contributed by atoms with E-state index in [0.29, 0.717) is 32.3 Å². The van der Waals surface area contributed by atoms with E-state index in [0.717, 1.165) is 17.3 Å². The maximum atomic E-state index is 13.0. The number of hydrogen-bond acceptors (Lipinski definition) is 7. The molecule has 0 spiro atoms. The molecule has 1 saturated heterocycles. The molecule has 1 aromatic heterocycles. The summed E-state index contributed by atoms with van der Waals surface area (Å²) in [5.74, 6) is -1.25. The fourth-order valence-corrected chi connectivity index (χ4v) is 4.05. The predicted octanol–water partition coefficient (Wildman–Crippen LogP) is 0.104. The Morgan fingerprint density at radius 3 is 2.58 bits per heavy atom. The molecule has 0 unspecified atom stereocenters. The van der Waals surface area contributed by atoms with Crippen LogP contribution in [0.5, 0.6) is 0 Å². The third-order valence-corrected chi connectivity index (χ3v) is 5.85. The maximum Gasteiger partial charge on any atom is 1.00 e. The van der Waals surface area contributed by atoms with Crippen LogP contribution in [-0.4, -0.2) is 17.0 Å². The van der Waals surface area contributed by atoms with Crippen molar-refractivity contribution in [2.75, 3.05) is 0 Å². The van der Waals surface area contributed by atoms with Gasteiger partial charge in [-0.3, -0.25) is 9.59 Å². The third kappa shape index (κ3) is 5.83. The minimum Gasteiger partial charge on any atom is -0.550 e. The number of aliphatic imine (C=N–C) groups is 1. The van der Waals surface area contributed by atoms with Crippen LogP contribution in [0.3, 0.4) is 0 Å². The number of carboxylic acids is 1. The van der Waals surface area contributed by atoms with Gasteiger partial charge in [-0.25, -0.2) is 4.99 Å². The third-order valence-electron chi connectivity index (χ3n) is 4.94. The van der Waals surface area contributed by atoms with Crippen molar-refractivity contribution in [3.63, 3.8) is 0 Å². The van der Waals surface area contributed by atoms with Crippen LogP contribution in [0.2, 0.25) is 0 Å². The Balaban J connectivity index is 0.00000306. The van der Waals surface area contributed by atoms with E-state index in [-0.39, 0.29) is 58.8 Å². The van der Waals surface area contributed by atoms with E-state index in [1.165, 1.54) is 12.3 Å². The van der Waals surface area contributed by atoms with Gasteiger partial charge in [0.05, 0.1) is 21.5 Å². The zero-order valence-corrected chi connectivity index (χ0v) is 21.2. The smallest absolute Gasteiger partial charge is 0.550 e. The minimum absolute atomic E-state index is 0.